The van der Waals surface area contributed by atoms with Crippen LogP contribution in [0, 0.1) is 0 Å². The number of amides is 1. The Hall–Kier alpha value is -2.02. The van der Waals surface area contributed by atoms with Crippen LogP contribution in [0.1, 0.15) is 12.8 Å². The number of hydrogen-bond acceptors (Lipinski definition) is 4. The van der Waals surface area contributed by atoms with Gasteiger partial charge in [-0.25, -0.2) is 4.98 Å². The maximum absolute atomic E-state index is 12.0. The van der Waals surface area contributed by atoms with Gasteiger partial charge in [0.2, 0.25) is 5.91 Å². The summed E-state index contributed by atoms with van der Waals surface area (Å²) in [5.41, 5.74) is 1.61. The predicted molar refractivity (Wildman–Crippen MR) is 79.3 cm³/mol. The molecule has 110 valence electrons. The van der Waals surface area contributed by atoms with Crippen LogP contribution in [0.25, 0.3) is 11.0 Å². The number of para-hydroxylation sites is 2. The molecule has 3 rings (SSSR count). The Balaban J connectivity index is 1.86. The van der Waals surface area contributed by atoms with Crippen LogP contribution in [0.4, 0.5) is 0 Å². The van der Waals surface area contributed by atoms with E-state index in [0.29, 0.717) is 11.2 Å². The third-order valence-corrected chi connectivity index (χ3v) is 4.15. The molecule has 1 aromatic carbocycles. The van der Waals surface area contributed by atoms with Gasteiger partial charge in [-0.05, 0) is 25.0 Å². The van der Waals surface area contributed by atoms with Gasteiger partial charge in [0, 0.05) is 6.04 Å². The van der Waals surface area contributed by atoms with Crippen molar-refractivity contribution in [1.29, 1.82) is 0 Å². The fourth-order valence-electron chi connectivity index (χ4n) is 2.09. The number of carbonyl (C=O) groups is 2. The lowest BCUT2D eigenvalue weighted by atomic mass is 10.3. The quantitative estimate of drug-likeness (QED) is 0.790. The first-order valence-corrected chi connectivity index (χ1v) is 7.71. The summed E-state index contributed by atoms with van der Waals surface area (Å²) in [5, 5.41) is 12.3. The van der Waals surface area contributed by atoms with Gasteiger partial charge in [-0.15, -0.1) is 0 Å². The van der Waals surface area contributed by atoms with Crippen LogP contribution in [0.5, 0.6) is 0 Å². The van der Waals surface area contributed by atoms with Crippen molar-refractivity contribution >= 4 is 34.7 Å². The van der Waals surface area contributed by atoms with Crippen molar-refractivity contribution in [2.75, 3.05) is 5.75 Å². The summed E-state index contributed by atoms with van der Waals surface area (Å²) in [7, 11) is 0. The monoisotopic (exact) mass is 305 g/mol. The number of carboxylic acids is 1. The zero-order chi connectivity index (χ0) is 14.8. The highest BCUT2D eigenvalue weighted by molar-refractivity contribution is 7.99. The molecule has 0 bridgehead atoms. The summed E-state index contributed by atoms with van der Waals surface area (Å²) in [4.78, 5) is 27.2. The molecule has 1 saturated carbocycles. The molecule has 1 fully saturated rings. The second-order valence-corrected chi connectivity index (χ2v) is 5.94. The molecule has 1 heterocycles. The number of carbonyl (C=O) groups excluding carboxylic acids is 1. The van der Waals surface area contributed by atoms with Crippen molar-refractivity contribution in [2.24, 2.45) is 0 Å². The maximum atomic E-state index is 12.0. The summed E-state index contributed by atoms with van der Waals surface area (Å²) in [6, 6.07) is 7.80. The number of carboxylic acid groups (broad SMARTS) is 1. The molecule has 1 aromatic heterocycles. The van der Waals surface area contributed by atoms with Gasteiger partial charge >= 0.3 is 5.97 Å². The molecule has 0 spiro atoms. The van der Waals surface area contributed by atoms with E-state index in [-0.39, 0.29) is 18.2 Å². The standard InChI is InChI=1S/C14H15N3O3S/c18-12(15-9-5-6-9)7-17-11-4-2-1-3-10(11)16-14(17)21-8-13(19)20/h1-4,9H,5-8H2,(H,15,18)(H,19,20). The van der Waals surface area contributed by atoms with Crippen molar-refractivity contribution in [3.05, 3.63) is 24.3 Å². The number of aromatic nitrogens is 2. The minimum absolute atomic E-state index is 0.0576. The number of benzene rings is 1. The summed E-state index contributed by atoms with van der Waals surface area (Å²) >= 11 is 1.13. The Morgan fingerprint density at radius 1 is 1.38 bits per heavy atom. The largest absolute Gasteiger partial charge is 0.481 e. The van der Waals surface area contributed by atoms with Crippen LogP contribution in [-0.4, -0.2) is 38.3 Å². The number of thioether (sulfide) groups is 1. The molecule has 0 aliphatic heterocycles. The molecule has 6 nitrogen and oxygen atoms in total. The third kappa shape index (κ3) is 3.36. The van der Waals surface area contributed by atoms with Crippen LogP contribution in [0.15, 0.2) is 29.4 Å². The van der Waals surface area contributed by atoms with Gasteiger partial charge in [0.1, 0.15) is 6.54 Å². The van der Waals surface area contributed by atoms with Gasteiger partial charge in [0.25, 0.3) is 0 Å². The molecule has 1 amide bonds. The molecule has 0 unspecified atom stereocenters. The number of aliphatic carboxylic acids is 1. The minimum Gasteiger partial charge on any atom is -0.481 e. The lowest BCUT2D eigenvalue weighted by Gasteiger charge is -2.08. The molecule has 1 aliphatic carbocycles. The SMILES string of the molecule is O=C(O)CSc1nc2ccccc2n1CC(=O)NC1CC1. The fourth-order valence-corrected chi connectivity index (χ4v) is 2.82. The minimum atomic E-state index is -0.902. The zero-order valence-electron chi connectivity index (χ0n) is 11.3. The highest BCUT2D eigenvalue weighted by Gasteiger charge is 2.24. The zero-order valence-corrected chi connectivity index (χ0v) is 12.1. The first-order chi connectivity index (χ1) is 10.1. The molecular weight excluding hydrogens is 290 g/mol. The number of nitrogens with zero attached hydrogens (tertiary/aromatic N) is 2. The molecule has 0 atom stereocenters. The lowest BCUT2D eigenvalue weighted by molar-refractivity contribution is -0.133. The highest BCUT2D eigenvalue weighted by atomic mass is 32.2. The first-order valence-electron chi connectivity index (χ1n) is 6.72. The molecule has 21 heavy (non-hydrogen) atoms. The van der Waals surface area contributed by atoms with Crippen molar-refractivity contribution < 1.29 is 14.7 Å². The normalized spacial score (nSPS) is 14.3. The van der Waals surface area contributed by atoms with E-state index in [4.69, 9.17) is 5.11 Å². The van der Waals surface area contributed by atoms with Crippen LogP contribution in [-0.2, 0) is 16.1 Å². The first kappa shape index (κ1) is 13.9. The Morgan fingerprint density at radius 2 is 2.14 bits per heavy atom. The third-order valence-electron chi connectivity index (χ3n) is 3.19. The molecule has 0 saturated heterocycles. The average Bonchev–Trinajstić information content (AvgIpc) is 3.19. The number of nitrogens with one attached hydrogen (secondary N) is 1. The van der Waals surface area contributed by atoms with E-state index in [1.54, 1.807) is 4.57 Å². The van der Waals surface area contributed by atoms with E-state index >= 15 is 0 Å². The van der Waals surface area contributed by atoms with E-state index in [1.807, 2.05) is 24.3 Å². The molecule has 0 radical (unpaired) electrons. The smallest absolute Gasteiger partial charge is 0.313 e. The van der Waals surface area contributed by atoms with Crippen molar-refractivity contribution in [3.8, 4) is 0 Å². The fraction of sp³-hybridized carbons (Fsp3) is 0.357. The van der Waals surface area contributed by atoms with Crippen molar-refractivity contribution in [1.82, 2.24) is 14.9 Å². The van der Waals surface area contributed by atoms with Gasteiger partial charge in [0.05, 0.1) is 16.8 Å². The summed E-state index contributed by atoms with van der Waals surface area (Å²) < 4.78 is 1.78. The van der Waals surface area contributed by atoms with Crippen LogP contribution in [0.3, 0.4) is 0 Å². The Morgan fingerprint density at radius 3 is 2.86 bits per heavy atom. The van der Waals surface area contributed by atoms with Gasteiger partial charge < -0.3 is 15.0 Å². The average molecular weight is 305 g/mol. The highest BCUT2D eigenvalue weighted by Crippen LogP contribution is 2.24. The summed E-state index contributed by atoms with van der Waals surface area (Å²) in [6.07, 6.45) is 2.08. The van der Waals surface area contributed by atoms with Gasteiger partial charge in [-0.3, -0.25) is 9.59 Å². The molecule has 1 aliphatic rings. The van der Waals surface area contributed by atoms with E-state index in [9.17, 15) is 9.59 Å². The number of rotatable bonds is 6. The van der Waals surface area contributed by atoms with Crippen LogP contribution < -0.4 is 5.32 Å². The summed E-state index contributed by atoms with van der Waals surface area (Å²) in [6.45, 7) is 0.166. The van der Waals surface area contributed by atoms with Crippen LogP contribution >= 0.6 is 11.8 Å². The molecule has 7 heteroatoms. The topological polar surface area (TPSA) is 84.2 Å². The van der Waals surface area contributed by atoms with Gasteiger partial charge in [-0.2, -0.15) is 0 Å². The Labute approximate surface area is 125 Å². The van der Waals surface area contributed by atoms with Gasteiger partial charge in [-0.1, -0.05) is 23.9 Å². The number of hydrogen-bond donors (Lipinski definition) is 2. The maximum Gasteiger partial charge on any atom is 0.313 e. The molecule has 2 N–H and O–H groups in total. The second kappa shape index (κ2) is 5.77. The number of imidazole rings is 1. The Bertz CT molecular complexity index is 694. The second-order valence-electron chi connectivity index (χ2n) is 4.99. The molecule has 2 aromatic rings. The van der Waals surface area contributed by atoms with Crippen molar-refractivity contribution in [3.63, 3.8) is 0 Å². The molecular formula is C14H15N3O3S. The van der Waals surface area contributed by atoms with Crippen molar-refractivity contribution in [2.45, 2.75) is 30.6 Å². The lowest BCUT2D eigenvalue weighted by Crippen LogP contribution is -2.29. The van der Waals surface area contributed by atoms with Crippen LogP contribution in [0.2, 0.25) is 0 Å². The predicted octanol–water partition coefficient (Wildman–Crippen LogP) is 1.49. The van der Waals surface area contributed by atoms with E-state index in [0.717, 1.165) is 35.6 Å². The van der Waals surface area contributed by atoms with E-state index < -0.39 is 5.97 Å². The Kier molecular flexibility index (Phi) is 3.83. The van der Waals surface area contributed by atoms with E-state index in [1.165, 1.54) is 0 Å². The summed E-state index contributed by atoms with van der Waals surface area (Å²) in [5.74, 6) is -1.04. The van der Waals surface area contributed by atoms with Gasteiger partial charge in [0.15, 0.2) is 5.16 Å². The van der Waals surface area contributed by atoms with E-state index in [2.05, 4.69) is 10.3 Å². The number of fused-ring (bicyclic) bond motifs is 1.